The lowest BCUT2D eigenvalue weighted by Crippen LogP contribution is -1.79. The van der Waals surface area contributed by atoms with Crippen LogP contribution in [0.2, 0.25) is 5.02 Å². The second-order valence-corrected chi connectivity index (χ2v) is 3.96. The highest BCUT2D eigenvalue weighted by atomic mass is 79.9. The lowest BCUT2D eigenvalue weighted by Gasteiger charge is -2.00. The molecule has 0 radical (unpaired) electrons. The van der Waals surface area contributed by atoms with Crippen LogP contribution >= 0.6 is 27.5 Å². The Kier molecular flexibility index (Phi) is 4.23. The van der Waals surface area contributed by atoms with Crippen LogP contribution in [0.3, 0.4) is 0 Å². The first kappa shape index (κ1) is 11.3. The molecule has 0 fully saturated rings. The smallest absolute Gasteiger partial charge is 0.111 e. The molecule has 0 saturated carbocycles. The molecule has 1 nitrogen and oxygen atoms in total. The maximum Gasteiger partial charge on any atom is 0.111 e. The highest BCUT2D eigenvalue weighted by Gasteiger charge is 1.96. The van der Waals surface area contributed by atoms with Gasteiger partial charge in [-0.2, -0.15) is 0 Å². The molecular weight excluding hydrogens is 263 g/mol. The van der Waals surface area contributed by atoms with E-state index < -0.39 is 0 Å². The average molecular weight is 274 g/mol. The molecule has 1 aromatic rings. The lowest BCUT2D eigenvalue weighted by atomic mass is 10.2. The molecule has 0 heterocycles. The molecule has 0 aromatic heterocycles. The van der Waals surface area contributed by atoms with Gasteiger partial charge in [-0.1, -0.05) is 46.3 Å². The zero-order valence-corrected chi connectivity index (χ0v) is 10.1. The minimum absolute atomic E-state index is 0.617. The first-order chi connectivity index (χ1) is 6.63. The van der Waals surface area contributed by atoms with Gasteiger partial charge in [-0.15, -0.1) is 0 Å². The zero-order chi connectivity index (χ0) is 10.6. The van der Waals surface area contributed by atoms with Gasteiger partial charge >= 0.3 is 0 Å². The van der Waals surface area contributed by atoms with Gasteiger partial charge in [0.15, 0.2) is 0 Å². The zero-order valence-electron chi connectivity index (χ0n) is 7.76. The third kappa shape index (κ3) is 3.20. The van der Waals surface area contributed by atoms with E-state index in [-0.39, 0.29) is 0 Å². The first-order valence-corrected chi connectivity index (χ1v) is 5.16. The second kappa shape index (κ2) is 5.23. The first-order valence-electron chi connectivity index (χ1n) is 3.99. The Hall–Kier alpha value is -0.730. The van der Waals surface area contributed by atoms with E-state index in [2.05, 4.69) is 22.5 Å². The molecule has 0 saturated heterocycles. The van der Waals surface area contributed by atoms with Crippen LogP contribution in [-0.2, 0) is 4.74 Å². The van der Waals surface area contributed by atoms with E-state index in [0.29, 0.717) is 10.8 Å². The monoisotopic (exact) mass is 272 g/mol. The summed E-state index contributed by atoms with van der Waals surface area (Å²) in [6.45, 7) is 3.69. The summed E-state index contributed by atoms with van der Waals surface area (Å²) < 4.78 is 5.86. The number of methoxy groups -OCH3 is 1. The van der Waals surface area contributed by atoms with Crippen molar-refractivity contribution in [3.63, 3.8) is 0 Å². The van der Waals surface area contributed by atoms with Crippen molar-refractivity contribution in [2.24, 2.45) is 0 Å². The van der Waals surface area contributed by atoms with Crippen molar-refractivity contribution in [1.29, 1.82) is 0 Å². The number of ether oxygens (including phenoxy) is 1. The van der Waals surface area contributed by atoms with E-state index in [4.69, 9.17) is 16.3 Å². The fourth-order valence-corrected chi connectivity index (χ4v) is 1.70. The van der Waals surface area contributed by atoms with Crippen molar-refractivity contribution in [2.45, 2.75) is 0 Å². The van der Waals surface area contributed by atoms with E-state index in [1.165, 1.54) is 0 Å². The van der Waals surface area contributed by atoms with E-state index in [9.17, 15) is 0 Å². The van der Waals surface area contributed by atoms with Crippen LogP contribution < -0.4 is 0 Å². The second-order valence-electron chi connectivity index (χ2n) is 2.67. The summed E-state index contributed by atoms with van der Waals surface area (Å²) in [5.74, 6) is 0.617. The lowest BCUT2D eigenvalue weighted by molar-refractivity contribution is 0.309. The molecule has 0 N–H and O–H groups in total. The van der Waals surface area contributed by atoms with Crippen LogP contribution in [0.5, 0.6) is 0 Å². The molecule has 1 aromatic carbocycles. The quantitative estimate of drug-likeness (QED) is 0.590. The number of benzene rings is 1. The summed E-state index contributed by atoms with van der Waals surface area (Å²) in [7, 11) is 1.59. The van der Waals surface area contributed by atoms with Gasteiger partial charge in [0.2, 0.25) is 0 Å². The fourth-order valence-electron chi connectivity index (χ4n) is 0.887. The molecule has 0 spiro atoms. The summed E-state index contributed by atoms with van der Waals surface area (Å²) in [6, 6.07) is 5.60. The standard InChI is InChI=1S/C11H10BrClO/c1-8(14-2)3-4-9-5-6-10(13)7-11(9)12/h3-7H,1H2,2H3/b4-3+. The molecule has 74 valence electrons. The third-order valence-electron chi connectivity index (χ3n) is 1.67. The molecule has 14 heavy (non-hydrogen) atoms. The molecule has 0 aliphatic rings. The van der Waals surface area contributed by atoms with Crippen molar-refractivity contribution >= 4 is 33.6 Å². The molecule has 1 rings (SSSR count). The van der Waals surface area contributed by atoms with E-state index in [1.54, 1.807) is 13.2 Å². The van der Waals surface area contributed by atoms with Crippen LogP contribution in [0.25, 0.3) is 6.08 Å². The van der Waals surface area contributed by atoms with Gasteiger partial charge in [-0.05, 0) is 23.8 Å². The fraction of sp³-hybridized carbons (Fsp3) is 0.0909. The minimum atomic E-state index is 0.617. The molecular formula is C11H10BrClO. The summed E-state index contributed by atoms with van der Waals surface area (Å²) >= 11 is 9.22. The van der Waals surface area contributed by atoms with Crippen LogP contribution in [0, 0.1) is 0 Å². The van der Waals surface area contributed by atoms with Crippen molar-refractivity contribution in [3.8, 4) is 0 Å². The van der Waals surface area contributed by atoms with Crippen molar-refractivity contribution in [3.05, 3.63) is 51.7 Å². The Bertz CT molecular complexity index is 372. The van der Waals surface area contributed by atoms with Crippen molar-refractivity contribution in [2.75, 3.05) is 7.11 Å². The maximum absolute atomic E-state index is 5.81. The van der Waals surface area contributed by atoms with Gasteiger partial charge in [-0.25, -0.2) is 0 Å². The van der Waals surface area contributed by atoms with Gasteiger partial charge in [0.05, 0.1) is 7.11 Å². The summed E-state index contributed by atoms with van der Waals surface area (Å²) in [4.78, 5) is 0. The minimum Gasteiger partial charge on any atom is -0.497 e. The summed E-state index contributed by atoms with van der Waals surface area (Å²) in [5.41, 5.74) is 1.03. The van der Waals surface area contributed by atoms with Crippen LogP contribution in [0.15, 0.2) is 41.1 Å². The Morgan fingerprint density at radius 3 is 2.86 bits per heavy atom. The van der Waals surface area contributed by atoms with Gasteiger partial charge in [-0.3, -0.25) is 0 Å². The van der Waals surface area contributed by atoms with Gasteiger partial charge in [0.1, 0.15) is 5.76 Å². The van der Waals surface area contributed by atoms with Gasteiger partial charge < -0.3 is 4.74 Å². The predicted octanol–water partition coefficient (Wildman–Crippen LogP) is 4.28. The number of hydrogen-bond acceptors (Lipinski definition) is 1. The molecule has 0 atom stereocenters. The highest BCUT2D eigenvalue weighted by Crippen LogP contribution is 2.22. The molecule has 0 aliphatic heterocycles. The number of allylic oxidation sites excluding steroid dienone is 1. The highest BCUT2D eigenvalue weighted by molar-refractivity contribution is 9.10. The third-order valence-corrected chi connectivity index (χ3v) is 2.60. The summed E-state index contributed by atoms with van der Waals surface area (Å²) in [6.07, 6.45) is 3.71. The topological polar surface area (TPSA) is 9.23 Å². The molecule has 0 unspecified atom stereocenters. The Balaban J connectivity index is 2.87. The predicted molar refractivity (Wildman–Crippen MR) is 64.3 cm³/mol. The van der Waals surface area contributed by atoms with E-state index in [0.717, 1.165) is 10.0 Å². The SMILES string of the molecule is C=C(/C=C/c1ccc(Cl)cc1Br)OC. The van der Waals surface area contributed by atoms with Crippen molar-refractivity contribution < 1.29 is 4.74 Å². The van der Waals surface area contributed by atoms with Gasteiger partial charge in [0.25, 0.3) is 0 Å². The molecule has 0 aliphatic carbocycles. The molecule has 0 bridgehead atoms. The van der Waals surface area contributed by atoms with E-state index >= 15 is 0 Å². The summed E-state index contributed by atoms with van der Waals surface area (Å²) in [5, 5.41) is 0.708. The number of halogens is 2. The van der Waals surface area contributed by atoms with Gasteiger partial charge in [0, 0.05) is 9.50 Å². The van der Waals surface area contributed by atoms with Crippen LogP contribution in [0.1, 0.15) is 5.56 Å². The van der Waals surface area contributed by atoms with Crippen molar-refractivity contribution in [1.82, 2.24) is 0 Å². The molecule has 3 heteroatoms. The van der Waals surface area contributed by atoms with E-state index in [1.807, 2.05) is 24.3 Å². The Labute approximate surface area is 97.2 Å². The van der Waals surface area contributed by atoms with Crippen LogP contribution in [-0.4, -0.2) is 7.11 Å². The average Bonchev–Trinajstić information content (AvgIpc) is 2.16. The van der Waals surface area contributed by atoms with Crippen LogP contribution in [0.4, 0.5) is 0 Å². The maximum atomic E-state index is 5.81. The number of rotatable bonds is 3. The Morgan fingerprint density at radius 1 is 1.57 bits per heavy atom. The largest absolute Gasteiger partial charge is 0.497 e. The number of hydrogen-bond donors (Lipinski definition) is 0. The normalized spacial score (nSPS) is 10.5. The molecule has 0 amide bonds. The Morgan fingerprint density at radius 2 is 2.29 bits per heavy atom.